The maximum absolute atomic E-state index is 12.3. The minimum absolute atomic E-state index is 0.129. The zero-order chi connectivity index (χ0) is 17.6. The molecule has 1 aromatic rings. The highest BCUT2D eigenvalue weighted by atomic mass is 35.5. The molecule has 1 aliphatic carbocycles. The van der Waals surface area contributed by atoms with Crippen molar-refractivity contribution in [2.75, 3.05) is 19.6 Å². The maximum Gasteiger partial charge on any atom is 0.223 e. The van der Waals surface area contributed by atoms with Crippen molar-refractivity contribution in [3.8, 4) is 0 Å². The molecule has 2 aliphatic rings. The van der Waals surface area contributed by atoms with Crippen LogP contribution in [0.4, 0.5) is 0 Å². The second-order valence-electron chi connectivity index (χ2n) is 7.68. The summed E-state index contributed by atoms with van der Waals surface area (Å²) < 4.78 is 0. The average Bonchev–Trinajstić information content (AvgIpc) is 2.63. The lowest BCUT2D eigenvalue weighted by molar-refractivity contribution is -0.126. The number of amides is 1. The van der Waals surface area contributed by atoms with Gasteiger partial charge in [-0.1, -0.05) is 36.2 Å². The van der Waals surface area contributed by atoms with Crippen LogP contribution in [0.15, 0.2) is 24.3 Å². The second kappa shape index (κ2) is 9.02. The van der Waals surface area contributed by atoms with E-state index < -0.39 is 0 Å². The Kier molecular flexibility index (Phi) is 6.74. The Bertz CT molecular complexity index is 572. The van der Waals surface area contributed by atoms with Crippen molar-refractivity contribution in [1.82, 2.24) is 10.2 Å². The van der Waals surface area contributed by atoms with Gasteiger partial charge in [0.05, 0.1) is 0 Å². The van der Waals surface area contributed by atoms with Gasteiger partial charge in [-0.05, 0) is 62.7 Å². The first kappa shape index (κ1) is 18.7. The predicted octanol–water partition coefficient (Wildman–Crippen LogP) is 3.19. The lowest BCUT2D eigenvalue weighted by Crippen LogP contribution is -2.42. The Morgan fingerprint density at radius 2 is 1.96 bits per heavy atom. The Morgan fingerprint density at radius 3 is 2.68 bits per heavy atom. The van der Waals surface area contributed by atoms with Gasteiger partial charge in [-0.25, -0.2) is 0 Å². The number of nitrogens with one attached hydrogen (secondary N) is 1. The number of hydrogen-bond donors (Lipinski definition) is 2. The van der Waals surface area contributed by atoms with Gasteiger partial charge in [0.25, 0.3) is 0 Å². The van der Waals surface area contributed by atoms with E-state index in [1.807, 2.05) is 18.2 Å². The summed E-state index contributed by atoms with van der Waals surface area (Å²) in [7, 11) is 0. The van der Waals surface area contributed by atoms with Gasteiger partial charge < -0.3 is 11.1 Å². The topological polar surface area (TPSA) is 58.4 Å². The summed E-state index contributed by atoms with van der Waals surface area (Å²) in [6, 6.07) is 8.28. The Labute approximate surface area is 156 Å². The highest BCUT2D eigenvalue weighted by molar-refractivity contribution is 6.31. The number of nitrogens with two attached hydrogens (primary N) is 1. The molecule has 1 heterocycles. The van der Waals surface area contributed by atoms with Gasteiger partial charge in [-0.15, -0.1) is 0 Å². The Hall–Kier alpha value is -1.10. The highest BCUT2D eigenvalue weighted by Gasteiger charge is 2.26. The first-order valence-electron chi connectivity index (χ1n) is 9.61. The molecule has 0 radical (unpaired) electrons. The molecule has 1 aromatic carbocycles. The van der Waals surface area contributed by atoms with Crippen molar-refractivity contribution < 1.29 is 4.79 Å². The minimum Gasteiger partial charge on any atom is -0.356 e. The molecular formula is C20H30ClN3O. The van der Waals surface area contributed by atoms with Crippen LogP contribution in [-0.4, -0.2) is 36.5 Å². The highest BCUT2D eigenvalue weighted by Crippen LogP contribution is 2.24. The van der Waals surface area contributed by atoms with Crippen LogP contribution in [0.5, 0.6) is 0 Å². The smallest absolute Gasteiger partial charge is 0.223 e. The molecular weight excluding hydrogens is 334 g/mol. The number of carbonyl (C=O) groups is 1. The van der Waals surface area contributed by atoms with Crippen molar-refractivity contribution in [3.05, 3.63) is 34.9 Å². The van der Waals surface area contributed by atoms with Gasteiger partial charge in [-0.3, -0.25) is 9.69 Å². The van der Waals surface area contributed by atoms with Gasteiger partial charge in [0.1, 0.15) is 0 Å². The van der Waals surface area contributed by atoms with E-state index in [-0.39, 0.29) is 17.9 Å². The molecule has 0 aromatic heterocycles. The zero-order valence-corrected chi connectivity index (χ0v) is 15.7. The number of piperidine rings is 1. The van der Waals surface area contributed by atoms with Crippen LogP contribution in [0.1, 0.15) is 44.1 Å². The van der Waals surface area contributed by atoms with Crippen LogP contribution < -0.4 is 11.1 Å². The monoisotopic (exact) mass is 363 g/mol. The van der Waals surface area contributed by atoms with Crippen LogP contribution in [0.25, 0.3) is 0 Å². The van der Waals surface area contributed by atoms with E-state index >= 15 is 0 Å². The molecule has 1 aliphatic heterocycles. The van der Waals surface area contributed by atoms with E-state index in [9.17, 15) is 4.79 Å². The molecule has 0 bridgehead atoms. The van der Waals surface area contributed by atoms with Gasteiger partial charge in [0.2, 0.25) is 5.91 Å². The number of hydrogen-bond acceptors (Lipinski definition) is 3. The van der Waals surface area contributed by atoms with E-state index in [2.05, 4.69) is 16.3 Å². The van der Waals surface area contributed by atoms with E-state index in [4.69, 9.17) is 17.3 Å². The molecule has 1 saturated carbocycles. The normalized spacial score (nSPS) is 25.7. The summed E-state index contributed by atoms with van der Waals surface area (Å²) >= 11 is 6.26. The van der Waals surface area contributed by atoms with Gasteiger partial charge >= 0.3 is 0 Å². The van der Waals surface area contributed by atoms with Crippen molar-refractivity contribution in [2.24, 2.45) is 17.6 Å². The van der Waals surface area contributed by atoms with Crippen LogP contribution >= 0.6 is 11.6 Å². The maximum atomic E-state index is 12.3. The third-order valence-corrected chi connectivity index (χ3v) is 6.08. The quantitative estimate of drug-likeness (QED) is 0.844. The summed E-state index contributed by atoms with van der Waals surface area (Å²) in [6.45, 7) is 3.86. The molecule has 25 heavy (non-hydrogen) atoms. The average molecular weight is 364 g/mol. The fraction of sp³-hybridized carbons (Fsp3) is 0.650. The number of carbonyl (C=O) groups excluding carboxylic acids is 1. The van der Waals surface area contributed by atoms with Crippen molar-refractivity contribution in [2.45, 2.75) is 51.1 Å². The first-order valence-corrected chi connectivity index (χ1v) is 9.98. The standard InChI is InChI=1S/C20H30ClN3O/c21-19-7-2-1-4-17(19)14-24-10-8-15(9-11-24)13-23-20(25)16-5-3-6-18(22)12-16/h1-2,4,7,15-16,18H,3,5-6,8-14,22H2,(H,23,25). The third-order valence-electron chi connectivity index (χ3n) is 5.71. The van der Waals surface area contributed by atoms with Crippen LogP contribution in [0.3, 0.4) is 0 Å². The third kappa shape index (κ3) is 5.44. The number of nitrogens with zero attached hydrogens (tertiary/aromatic N) is 1. The fourth-order valence-corrected chi connectivity index (χ4v) is 4.27. The molecule has 1 amide bonds. The summed E-state index contributed by atoms with van der Waals surface area (Å²) in [5, 5.41) is 4.03. The molecule has 5 heteroatoms. The summed E-state index contributed by atoms with van der Waals surface area (Å²) in [5.74, 6) is 0.932. The number of rotatable bonds is 5. The molecule has 4 nitrogen and oxygen atoms in total. The van der Waals surface area contributed by atoms with E-state index in [1.54, 1.807) is 0 Å². The van der Waals surface area contributed by atoms with E-state index in [0.717, 1.165) is 69.7 Å². The summed E-state index contributed by atoms with van der Waals surface area (Å²) in [5.41, 5.74) is 7.19. The van der Waals surface area contributed by atoms with Crippen molar-refractivity contribution in [1.29, 1.82) is 0 Å². The van der Waals surface area contributed by atoms with Crippen molar-refractivity contribution >= 4 is 17.5 Å². The zero-order valence-electron chi connectivity index (χ0n) is 14.9. The largest absolute Gasteiger partial charge is 0.356 e. The molecule has 2 fully saturated rings. The molecule has 2 unspecified atom stereocenters. The van der Waals surface area contributed by atoms with Crippen LogP contribution in [0.2, 0.25) is 5.02 Å². The predicted molar refractivity (Wildman–Crippen MR) is 102 cm³/mol. The Balaban J connectivity index is 1.38. The number of halogens is 1. The van der Waals surface area contributed by atoms with Gasteiger partial charge in [0.15, 0.2) is 0 Å². The number of likely N-dealkylation sites (tertiary alicyclic amines) is 1. The van der Waals surface area contributed by atoms with E-state index in [1.165, 1.54) is 5.56 Å². The molecule has 3 rings (SSSR count). The second-order valence-corrected chi connectivity index (χ2v) is 8.09. The van der Waals surface area contributed by atoms with Crippen LogP contribution in [0, 0.1) is 11.8 Å². The van der Waals surface area contributed by atoms with Crippen LogP contribution in [-0.2, 0) is 11.3 Å². The molecule has 3 N–H and O–H groups in total. The summed E-state index contributed by atoms with van der Waals surface area (Å²) in [6.07, 6.45) is 6.26. The fourth-order valence-electron chi connectivity index (χ4n) is 4.07. The van der Waals surface area contributed by atoms with Crippen molar-refractivity contribution in [3.63, 3.8) is 0 Å². The molecule has 1 saturated heterocycles. The summed E-state index contributed by atoms with van der Waals surface area (Å²) in [4.78, 5) is 14.8. The Morgan fingerprint density at radius 1 is 1.20 bits per heavy atom. The molecule has 0 spiro atoms. The number of benzene rings is 1. The lowest BCUT2D eigenvalue weighted by Gasteiger charge is -2.33. The first-order chi connectivity index (χ1) is 12.1. The SMILES string of the molecule is NC1CCCC(C(=O)NCC2CCN(Cc3ccccc3Cl)CC2)C1. The van der Waals surface area contributed by atoms with E-state index in [0.29, 0.717) is 5.92 Å². The molecule has 138 valence electrons. The minimum atomic E-state index is 0.129. The lowest BCUT2D eigenvalue weighted by atomic mass is 9.85. The van der Waals surface area contributed by atoms with Gasteiger partial charge in [0, 0.05) is 30.1 Å². The van der Waals surface area contributed by atoms with Gasteiger partial charge in [-0.2, -0.15) is 0 Å². The molecule has 2 atom stereocenters.